The van der Waals surface area contributed by atoms with Crippen molar-refractivity contribution in [2.75, 3.05) is 0 Å². The smallest absolute Gasteiger partial charge is 0.233 e. The predicted molar refractivity (Wildman–Crippen MR) is 128 cm³/mol. The van der Waals surface area contributed by atoms with E-state index in [1.165, 1.54) is 11.8 Å². The molecule has 1 N–H and O–H groups in total. The zero-order chi connectivity index (χ0) is 22.3. The summed E-state index contributed by atoms with van der Waals surface area (Å²) in [6.07, 6.45) is 0. The number of para-hydroxylation sites is 2. The molecule has 32 heavy (non-hydrogen) atoms. The Balaban J connectivity index is 1.51. The third-order valence-corrected chi connectivity index (χ3v) is 6.75. The molecule has 0 bridgehead atoms. The van der Waals surface area contributed by atoms with E-state index in [0.29, 0.717) is 17.5 Å². The van der Waals surface area contributed by atoms with Crippen molar-refractivity contribution in [3.63, 3.8) is 0 Å². The lowest BCUT2D eigenvalue weighted by Gasteiger charge is -2.14. The van der Waals surface area contributed by atoms with E-state index < -0.39 is 0 Å². The first kappa shape index (κ1) is 22.1. The molecule has 6 nitrogen and oxygen atoms in total. The molecule has 0 aliphatic rings. The fourth-order valence-electron chi connectivity index (χ4n) is 3.11. The van der Waals surface area contributed by atoms with Gasteiger partial charge in [0.2, 0.25) is 5.91 Å². The summed E-state index contributed by atoms with van der Waals surface area (Å²) in [5.74, 6) is 1.45. The first-order chi connectivity index (χ1) is 15.6. The van der Waals surface area contributed by atoms with Gasteiger partial charge in [-0.05, 0) is 49.1 Å². The molecule has 0 spiro atoms. The average molecular weight is 465 g/mol. The number of thioether (sulfide) groups is 1. The molecular weight excluding hydrogens is 440 g/mol. The number of carbonyl (C=O) groups is 1. The molecule has 1 unspecified atom stereocenters. The second-order valence-corrected chi connectivity index (χ2v) is 9.52. The van der Waals surface area contributed by atoms with Gasteiger partial charge in [0.05, 0.1) is 11.8 Å². The molecular formula is C24H24N4O2S2. The van der Waals surface area contributed by atoms with Crippen molar-refractivity contribution in [2.24, 2.45) is 0 Å². The Bertz CT molecular complexity index is 1160. The Labute approximate surface area is 195 Å². The van der Waals surface area contributed by atoms with Crippen LogP contribution in [0.1, 0.15) is 23.2 Å². The Morgan fingerprint density at radius 2 is 1.88 bits per heavy atom. The van der Waals surface area contributed by atoms with Crippen LogP contribution in [0.25, 0.3) is 5.69 Å². The fourth-order valence-corrected chi connectivity index (χ4v) is 4.67. The number of aromatic nitrogens is 3. The van der Waals surface area contributed by atoms with Crippen LogP contribution in [-0.2, 0) is 17.9 Å². The Kier molecular flexibility index (Phi) is 7.24. The number of aryl methyl sites for hydroxylation is 1. The van der Waals surface area contributed by atoms with Gasteiger partial charge in [0.15, 0.2) is 11.0 Å². The number of nitrogens with one attached hydrogen (secondary N) is 1. The van der Waals surface area contributed by atoms with E-state index >= 15 is 0 Å². The minimum absolute atomic E-state index is 0.0382. The van der Waals surface area contributed by atoms with Crippen molar-refractivity contribution in [1.29, 1.82) is 0 Å². The summed E-state index contributed by atoms with van der Waals surface area (Å²) < 4.78 is 7.97. The van der Waals surface area contributed by atoms with Gasteiger partial charge in [-0.2, -0.15) is 0 Å². The summed E-state index contributed by atoms with van der Waals surface area (Å²) in [6, 6.07) is 21.7. The second kappa shape index (κ2) is 10.5. The molecule has 0 aliphatic heterocycles. The van der Waals surface area contributed by atoms with Gasteiger partial charge in [0, 0.05) is 10.6 Å². The molecule has 4 aromatic rings. The summed E-state index contributed by atoms with van der Waals surface area (Å²) in [6.45, 7) is 4.69. The lowest BCUT2D eigenvalue weighted by molar-refractivity contribution is -0.120. The number of ether oxygens (including phenoxy) is 1. The van der Waals surface area contributed by atoms with Gasteiger partial charge in [0.25, 0.3) is 0 Å². The molecule has 2 aromatic heterocycles. The first-order valence-corrected chi connectivity index (χ1v) is 12.0. The number of amides is 1. The van der Waals surface area contributed by atoms with Gasteiger partial charge in [-0.15, -0.1) is 21.5 Å². The van der Waals surface area contributed by atoms with Crippen molar-refractivity contribution in [1.82, 2.24) is 20.1 Å². The molecule has 1 amide bonds. The minimum atomic E-state index is -0.327. The highest BCUT2D eigenvalue weighted by Crippen LogP contribution is 2.27. The van der Waals surface area contributed by atoms with E-state index in [1.807, 2.05) is 90.5 Å². The predicted octanol–water partition coefficient (Wildman–Crippen LogP) is 5.01. The Morgan fingerprint density at radius 1 is 1.09 bits per heavy atom. The van der Waals surface area contributed by atoms with Gasteiger partial charge in [-0.3, -0.25) is 9.36 Å². The molecule has 164 valence electrons. The van der Waals surface area contributed by atoms with Crippen molar-refractivity contribution in [3.05, 3.63) is 88.4 Å². The van der Waals surface area contributed by atoms with Crippen molar-refractivity contribution in [2.45, 2.75) is 37.4 Å². The van der Waals surface area contributed by atoms with E-state index in [4.69, 9.17) is 4.74 Å². The molecule has 4 rings (SSSR count). The topological polar surface area (TPSA) is 69.0 Å². The molecule has 8 heteroatoms. The molecule has 0 fully saturated rings. The van der Waals surface area contributed by atoms with Gasteiger partial charge >= 0.3 is 0 Å². The van der Waals surface area contributed by atoms with Gasteiger partial charge < -0.3 is 10.1 Å². The van der Waals surface area contributed by atoms with Crippen LogP contribution in [0.3, 0.4) is 0 Å². The van der Waals surface area contributed by atoms with E-state index in [1.54, 1.807) is 11.3 Å². The SMILES string of the molecule is Cc1ccccc1OCc1nnc(SC(C)C(=O)NCc2cccs2)n1-c1ccccc1. The summed E-state index contributed by atoms with van der Waals surface area (Å²) in [5.41, 5.74) is 1.98. The van der Waals surface area contributed by atoms with Gasteiger partial charge in [-0.1, -0.05) is 54.2 Å². The maximum absolute atomic E-state index is 12.6. The number of nitrogens with zero attached hydrogens (tertiary/aromatic N) is 3. The van der Waals surface area contributed by atoms with Crippen LogP contribution in [0.5, 0.6) is 5.75 Å². The quantitative estimate of drug-likeness (QED) is 0.353. The Morgan fingerprint density at radius 3 is 2.62 bits per heavy atom. The fraction of sp³-hybridized carbons (Fsp3) is 0.208. The maximum Gasteiger partial charge on any atom is 0.233 e. The van der Waals surface area contributed by atoms with E-state index in [2.05, 4.69) is 15.5 Å². The summed E-state index contributed by atoms with van der Waals surface area (Å²) >= 11 is 3.01. The van der Waals surface area contributed by atoms with Crippen LogP contribution >= 0.6 is 23.1 Å². The lowest BCUT2D eigenvalue weighted by atomic mass is 10.2. The van der Waals surface area contributed by atoms with Gasteiger partial charge in [-0.25, -0.2) is 0 Å². The van der Waals surface area contributed by atoms with E-state index in [9.17, 15) is 4.79 Å². The number of hydrogen-bond donors (Lipinski definition) is 1. The lowest BCUT2D eigenvalue weighted by Crippen LogP contribution is -2.30. The van der Waals surface area contributed by atoms with Crippen LogP contribution in [0, 0.1) is 6.92 Å². The number of carbonyl (C=O) groups excluding carboxylic acids is 1. The average Bonchev–Trinajstić information content (AvgIpc) is 3.47. The number of benzene rings is 2. The molecule has 2 heterocycles. The molecule has 0 aliphatic carbocycles. The third kappa shape index (κ3) is 5.38. The highest BCUT2D eigenvalue weighted by Gasteiger charge is 2.21. The second-order valence-electron chi connectivity index (χ2n) is 7.18. The first-order valence-electron chi connectivity index (χ1n) is 10.3. The maximum atomic E-state index is 12.6. The number of rotatable bonds is 9. The molecule has 0 saturated heterocycles. The highest BCUT2D eigenvalue weighted by atomic mass is 32.2. The molecule has 1 atom stereocenters. The number of thiophene rings is 1. The van der Waals surface area contributed by atoms with Gasteiger partial charge in [0.1, 0.15) is 12.4 Å². The van der Waals surface area contributed by atoms with Crippen LogP contribution in [0.4, 0.5) is 0 Å². The molecule has 0 radical (unpaired) electrons. The van der Waals surface area contributed by atoms with Crippen molar-refractivity contribution in [3.8, 4) is 11.4 Å². The molecule has 0 saturated carbocycles. The zero-order valence-electron chi connectivity index (χ0n) is 17.9. The minimum Gasteiger partial charge on any atom is -0.485 e. The largest absolute Gasteiger partial charge is 0.485 e. The van der Waals surface area contributed by atoms with Crippen LogP contribution in [-0.4, -0.2) is 25.9 Å². The summed E-state index contributed by atoms with van der Waals surface area (Å²) in [4.78, 5) is 13.8. The van der Waals surface area contributed by atoms with Crippen LogP contribution in [0.15, 0.2) is 77.3 Å². The van der Waals surface area contributed by atoms with Crippen LogP contribution < -0.4 is 10.1 Å². The molecule has 2 aromatic carbocycles. The standard InChI is InChI=1S/C24H24N4O2S2/c1-17-9-6-7-13-21(17)30-16-22-26-27-24(28(22)19-10-4-3-5-11-19)32-18(2)23(29)25-15-20-12-8-14-31-20/h3-14,18H,15-16H2,1-2H3,(H,25,29). The van der Waals surface area contributed by atoms with Crippen molar-refractivity contribution < 1.29 is 9.53 Å². The van der Waals surface area contributed by atoms with Crippen molar-refractivity contribution >= 4 is 29.0 Å². The third-order valence-electron chi connectivity index (χ3n) is 4.83. The highest BCUT2D eigenvalue weighted by molar-refractivity contribution is 8.00. The van der Waals surface area contributed by atoms with Crippen LogP contribution in [0.2, 0.25) is 0 Å². The van der Waals surface area contributed by atoms with E-state index in [0.717, 1.165) is 21.9 Å². The van der Waals surface area contributed by atoms with E-state index in [-0.39, 0.29) is 17.8 Å². The summed E-state index contributed by atoms with van der Waals surface area (Å²) in [7, 11) is 0. The normalized spacial score (nSPS) is 11.8. The summed E-state index contributed by atoms with van der Waals surface area (Å²) in [5, 5.41) is 14.1. The zero-order valence-corrected chi connectivity index (χ0v) is 19.5. The number of hydrogen-bond acceptors (Lipinski definition) is 6. The Hall–Kier alpha value is -3.10. The monoisotopic (exact) mass is 464 g/mol.